The maximum absolute atomic E-state index is 5.73. The van der Waals surface area contributed by atoms with Crippen LogP contribution in [0, 0.1) is 0 Å². The average Bonchev–Trinajstić information content (AvgIpc) is 2.63. The van der Waals surface area contributed by atoms with Gasteiger partial charge in [0.15, 0.2) is 0 Å². The number of hydrogen-bond donors (Lipinski definition) is 0. The molecule has 3 heteroatoms. The Morgan fingerprint density at radius 3 is 1.75 bits per heavy atom. The van der Waals surface area contributed by atoms with Gasteiger partial charge in [-0.15, -0.1) is 0 Å². The van der Waals surface area contributed by atoms with Gasteiger partial charge in [0.2, 0.25) is 5.28 Å². The molecular formula is C21H21ClN2. The topological polar surface area (TPSA) is 25.8 Å². The highest BCUT2D eigenvalue weighted by molar-refractivity contribution is 6.28. The zero-order valence-electron chi connectivity index (χ0n) is 13.9. The van der Waals surface area contributed by atoms with Gasteiger partial charge >= 0.3 is 0 Å². The summed E-state index contributed by atoms with van der Waals surface area (Å²) in [5.74, 6) is 0. The summed E-state index contributed by atoms with van der Waals surface area (Å²) in [4.78, 5) is 8.06. The predicted molar refractivity (Wildman–Crippen MR) is 101 cm³/mol. The first-order valence-corrected chi connectivity index (χ1v) is 8.81. The lowest BCUT2D eigenvalue weighted by atomic mass is 9.99. The van der Waals surface area contributed by atoms with Crippen molar-refractivity contribution in [1.29, 1.82) is 0 Å². The lowest BCUT2D eigenvalue weighted by molar-refractivity contribution is 0.717. The molecule has 0 aliphatic rings. The molecule has 0 N–H and O–H groups in total. The Morgan fingerprint density at radius 1 is 0.708 bits per heavy atom. The summed E-state index contributed by atoms with van der Waals surface area (Å²) in [6.07, 6.45) is 8.50. The Kier molecular flexibility index (Phi) is 5.60. The number of unbranched alkanes of at least 4 members (excludes halogenated alkanes) is 2. The zero-order chi connectivity index (χ0) is 16.8. The van der Waals surface area contributed by atoms with Gasteiger partial charge in [0.1, 0.15) is 0 Å². The van der Waals surface area contributed by atoms with Gasteiger partial charge in [0.05, 0.1) is 0 Å². The van der Waals surface area contributed by atoms with E-state index in [2.05, 4.69) is 65.4 Å². The quantitative estimate of drug-likeness (QED) is 0.396. The highest BCUT2D eigenvalue weighted by Crippen LogP contribution is 2.25. The van der Waals surface area contributed by atoms with Crippen LogP contribution in [0.2, 0.25) is 5.28 Å². The van der Waals surface area contributed by atoms with Crippen LogP contribution in [0.5, 0.6) is 0 Å². The summed E-state index contributed by atoms with van der Waals surface area (Å²) < 4.78 is 0. The van der Waals surface area contributed by atoms with Crippen molar-refractivity contribution < 1.29 is 0 Å². The molecule has 0 saturated carbocycles. The second-order valence-electron chi connectivity index (χ2n) is 5.97. The molecule has 0 amide bonds. The van der Waals surface area contributed by atoms with E-state index >= 15 is 0 Å². The molecule has 1 heterocycles. The number of benzene rings is 2. The molecule has 24 heavy (non-hydrogen) atoms. The highest BCUT2D eigenvalue weighted by Gasteiger charge is 2.02. The summed E-state index contributed by atoms with van der Waals surface area (Å²) in [6, 6.07) is 17.4. The Bertz CT molecular complexity index is 762. The zero-order valence-corrected chi connectivity index (χ0v) is 14.6. The van der Waals surface area contributed by atoms with Crippen LogP contribution in [0.15, 0.2) is 60.9 Å². The monoisotopic (exact) mass is 336 g/mol. The maximum Gasteiger partial charge on any atom is 0.222 e. The molecule has 3 rings (SSSR count). The van der Waals surface area contributed by atoms with Crippen LogP contribution >= 0.6 is 11.6 Å². The second kappa shape index (κ2) is 8.07. The van der Waals surface area contributed by atoms with Gasteiger partial charge in [-0.25, -0.2) is 9.97 Å². The predicted octanol–water partition coefficient (Wildman–Crippen LogP) is 6.20. The summed E-state index contributed by atoms with van der Waals surface area (Å²) in [6.45, 7) is 2.24. The molecule has 122 valence electrons. The van der Waals surface area contributed by atoms with Gasteiger partial charge in [-0.3, -0.25) is 0 Å². The first-order valence-electron chi connectivity index (χ1n) is 8.43. The maximum atomic E-state index is 5.73. The molecule has 0 aliphatic carbocycles. The molecule has 0 bridgehead atoms. The third-order valence-corrected chi connectivity index (χ3v) is 4.39. The van der Waals surface area contributed by atoms with Crippen molar-refractivity contribution >= 4 is 11.6 Å². The van der Waals surface area contributed by atoms with Crippen molar-refractivity contribution in [2.24, 2.45) is 0 Å². The largest absolute Gasteiger partial charge is 0.226 e. The first-order chi connectivity index (χ1) is 11.8. The number of rotatable bonds is 6. The van der Waals surface area contributed by atoms with E-state index in [-0.39, 0.29) is 5.28 Å². The van der Waals surface area contributed by atoms with Crippen LogP contribution in [-0.2, 0) is 6.42 Å². The van der Waals surface area contributed by atoms with Crippen LogP contribution < -0.4 is 0 Å². The molecule has 0 spiro atoms. The number of aryl methyl sites for hydroxylation is 1. The van der Waals surface area contributed by atoms with Crippen molar-refractivity contribution in [1.82, 2.24) is 9.97 Å². The minimum atomic E-state index is 0.273. The van der Waals surface area contributed by atoms with Crippen LogP contribution in [0.1, 0.15) is 31.7 Å². The summed E-state index contributed by atoms with van der Waals surface area (Å²) in [5.41, 5.74) is 5.94. The minimum Gasteiger partial charge on any atom is -0.226 e. The van der Waals surface area contributed by atoms with Crippen molar-refractivity contribution in [3.05, 3.63) is 71.8 Å². The summed E-state index contributed by atoms with van der Waals surface area (Å²) in [5, 5.41) is 0.273. The van der Waals surface area contributed by atoms with Crippen molar-refractivity contribution in [3.63, 3.8) is 0 Å². The molecule has 0 unspecified atom stereocenters. The Balaban J connectivity index is 1.72. The molecular weight excluding hydrogens is 316 g/mol. The summed E-state index contributed by atoms with van der Waals surface area (Å²) >= 11 is 5.73. The molecule has 0 aliphatic heterocycles. The van der Waals surface area contributed by atoms with E-state index in [1.54, 1.807) is 12.4 Å². The molecule has 0 fully saturated rings. The van der Waals surface area contributed by atoms with Gasteiger partial charge in [-0.1, -0.05) is 68.3 Å². The van der Waals surface area contributed by atoms with Crippen LogP contribution in [0.3, 0.4) is 0 Å². The second-order valence-corrected chi connectivity index (χ2v) is 6.31. The van der Waals surface area contributed by atoms with Gasteiger partial charge in [0, 0.05) is 18.0 Å². The third kappa shape index (κ3) is 4.21. The SMILES string of the molecule is CCCCCc1ccc(-c2ccc(-c3cnc(Cl)nc3)cc2)cc1. The number of halogens is 1. The molecule has 3 aromatic rings. The normalized spacial score (nSPS) is 10.8. The fourth-order valence-electron chi connectivity index (χ4n) is 2.76. The average molecular weight is 337 g/mol. The fraction of sp³-hybridized carbons (Fsp3) is 0.238. The smallest absolute Gasteiger partial charge is 0.222 e. The van der Waals surface area contributed by atoms with Crippen LogP contribution in [0.25, 0.3) is 22.3 Å². The van der Waals surface area contributed by atoms with E-state index in [1.165, 1.54) is 42.4 Å². The van der Waals surface area contributed by atoms with E-state index in [4.69, 9.17) is 11.6 Å². The lowest BCUT2D eigenvalue weighted by Gasteiger charge is -2.06. The van der Waals surface area contributed by atoms with E-state index < -0.39 is 0 Å². The number of hydrogen-bond acceptors (Lipinski definition) is 2. The highest BCUT2D eigenvalue weighted by atomic mass is 35.5. The number of nitrogens with zero attached hydrogens (tertiary/aromatic N) is 2. The molecule has 2 aromatic carbocycles. The first kappa shape index (κ1) is 16.7. The Labute approximate surface area is 148 Å². The van der Waals surface area contributed by atoms with Gasteiger partial charge in [-0.2, -0.15) is 0 Å². The van der Waals surface area contributed by atoms with Crippen molar-refractivity contribution in [3.8, 4) is 22.3 Å². The van der Waals surface area contributed by atoms with Crippen LogP contribution in [-0.4, -0.2) is 9.97 Å². The number of aromatic nitrogens is 2. The van der Waals surface area contributed by atoms with E-state index in [9.17, 15) is 0 Å². The van der Waals surface area contributed by atoms with Gasteiger partial charge in [0.25, 0.3) is 0 Å². The van der Waals surface area contributed by atoms with E-state index in [0.717, 1.165) is 11.1 Å². The van der Waals surface area contributed by atoms with E-state index in [0.29, 0.717) is 0 Å². The minimum absolute atomic E-state index is 0.273. The molecule has 0 saturated heterocycles. The van der Waals surface area contributed by atoms with Crippen LogP contribution in [0.4, 0.5) is 0 Å². The van der Waals surface area contributed by atoms with Crippen molar-refractivity contribution in [2.45, 2.75) is 32.6 Å². The van der Waals surface area contributed by atoms with Gasteiger partial charge in [-0.05, 0) is 46.7 Å². The van der Waals surface area contributed by atoms with Crippen molar-refractivity contribution in [2.75, 3.05) is 0 Å². The Hall–Kier alpha value is -2.19. The van der Waals surface area contributed by atoms with E-state index in [1.807, 2.05) is 0 Å². The molecule has 2 nitrogen and oxygen atoms in total. The fourth-order valence-corrected chi connectivity index (χ4v) is 2.86. The lowest BCUT2D eigenvalue weighted by Crippen LogP contribution is -1.87. The standard InChI is InChI=1S/C21H21ClN2/c1-2-3-4-5-16-6-8-17(9-7-16)18-10-12-19(13-11-18)20-14-23-21(22)24-15-20/h6-15H,2-5H2,1H3. The summed E-state index contributed by atoms with van der Waals surface area (Å²) in [7, 11) is 0. The molecule has 1 aromatic heterocycles. The molecule has 0 radical (unpaired) electrons. The molecule has 0 atom stereocenters. The van der Waals surface area contributed by atoms with Gasteiger partial charge < -0.3 is 0 Å². The Morgan fingerprint density at radius 2 is 1.21 bits per heavy atom. The third-order valence-electron chi connectivity index (χ3n) is 4.19.